The topological polar surface area (TPSA) is 76.5 Å². The molecule has 2 aromatic heterocycles. The zero-order valence-electron chi connectivity index (χ0n) is 22.7. The van der Waals surface area contributed by atoms with E-state index in [9.17, 15) is 9.59 Å². The molecule has 0 saturated heterocycles. The highest BCUT2D eigenvalue weighted by molar-refractivity contribution is 6.17. The van der Waals surface area contributed by atoms with Crippen LogP contribution in [0.5, 0.6) is 5.75 Å². The van der Waals surface area contributed by atoms with Crippen LogP contribution in [0.25, 0.3) is 32.6 Å². The van der Waals surface area contributed by atoms with Gasteiger partial charge in [-0.05, 0) is 80.2 Å². The molecule has 0 spiro atoms. The van der Waals surface area contributed by atoms with Crippen molar-refractivity contribution in [2.24, 2.45) is 13.0 Å². The van der Waals surface area contributed by atoms with E-state index in [1.165, 1.54) is 5.56 Å². The standard InChI is InChI=1S/C32H32N4O3/c1-19-22-12-13-33-29(31(37)34-14-15-35(2)3)25(22)18-26-24-16-21(10-11-28(24)36(4)30(19)26)39-32(38)27-17-23(27)20-8-6-5-7-9-20/h5-13,16,18,23,27H,14-15,17H2,1-4H3,(H,34,37)/t23-,27+/m0/s1. The second kappa shape index (κ2) is 9.82. The Bertz CT molecular complexity index is 1740. The predicted octanol–water partition coefficient (Wildman–Crippen LogP) is 5.19. The lowest BCUT2D eigenvalue weighted by molar-refractivity contribution is -0.135. The van der Waals surface area contributed by atoms with Crippen molar-refractivity contribution in [3.8, 4) is 5.75 Å². The third-order valence-corrected chi connectivity index (χ3v) is 7.85. The van der Waals surface area contributed by atoms with Gasteiger partial charge in [0.15, 0.2) is 0 Å². The van der Waals surface area contributed by atoms with Crippen LogP contribution in [-0.2, 0) is 11.8 Å². The number of aryl methyl sites for hydroxylation is 2. The first-order valence-electron chi connectivity index (χ1n) is 13.3. The smallest absolute Gasteiger partial charge is 0.314 e. The number of hydrogen-bond donors (Lipinski definition) is 1. The van der Waals surface area contributed by atoms with Crippen LogP contribution >= 0.6 is 0 Å². The lowest BCUT2D eigenvalue weighted by Gasteiger charge is -2.12. The van der Waals surface area contributed by atoms with E-state index in [4.69, 9.17) is 4.74 Å². The van der Waals surface area contributed by atoms with E-state index in [1.807, 2.05) is 74.6 Å². The summed E-state index contributed by atoms with van der Waals surface area (Å²) in [7, 11) is 5.99. The van der Waals surface area contributed by atoms with Crippen LogP contribution in [0.4, 0.5) is 0 Å². The normalized spacial score (nSPS) is 16.7. The molecule has 198 valence electrons. The fourth-order valence-corrected chi connectivity index (χ4v) is 5.71. The van der Waals surface area contributed by atoms with Crippen LogP contribution in [0.2, 0.25) is 0 Å². The molecule has 0 unspecified atom stereocenters. The molecule has 1 aliphatic carbocycles. The highest BCUT2D eigenvalue weighted by atomic mass is 16.5. The van der Waals surface area contributed by atoms with Crippen LogP contribution in [0, 0.1) is 12.8 Å². The first-order valence-corrected chi connectivity index (χ1v) is 13.3. The zero-order valence-corrected chi connectivity index (χ0v) is 22.7. The maximum Gasteiger partial charge on any atom is 0.314 e. The summed E-state index contributed by atoms with van der Waals surface area (Å²) in [6, 6.07) is 19.9. The van der Waals surface area contributed by atoms with E-state index in [2.05, 4.69) is 33.9 Å². The summed E-state index contributed by atoms with van der Waals surface area (Å²) in [6.07, 6.45) is 2.51. The Hall–Kier alpha value is -4.23. The molecule has 1 saturated carbocycles. The van der Waals surface area contributed by atoms with Crippen molar-refractivity contribution in [2.75, 3.05) is 27.2 Å². The first-order chi connectivity index (χ1) is 18.8. The van der Waals surface area contributed by atoms with E-state index in [0.29, 0.717) is 18.0 Å². The minimum atomic E-state index is -0.189. The van der Waals surface area contributed by atoms with Crippen LogP contribution < -0.4 is 10.1 Å². The summed E-state index contributed by atoms with van der Waals surface area (Å²) in [5.41, 5.74) is 4.78. The van der Waals surface area contributed by atoms with Gasteiger partial charge in [0, 0.05) is 48.0 Å². The largest absolute Gasteiger partial charge is 0.426 e. The number of likely N-dealkylation sites (N-methyl/N-ethyl adjacent to an activating group) is 1. The molecule has 1 fully saturated rings. The number of nitrogens with one attached hydrogen (secondary N) is 1. The molecule has 0 aliphatic heterocycles. The predicted molar refractivity (Wildman–Crippen MR) is 154 cm³/mol. The number of hydrogen-bond acceptors (Lipinski definition) is 5. The van der Waals surface area contributed by atoms with Gasteiger partial charge in [0.25, 0.3) is 5.91 Å². The Balaban J connectivity index is 1.36. The average molecular weight is 521 g/mol. The molecule has 2 atom stereocenters. The third kappa shape index (κ3) is 4.53. The first kappa shape index (κ1) is 25.1. The van der Waals surface area contributed by atoms with E-state index in [1.54, 1.807) is 6.20 Å². The minimum absolute atomic E-state index is 0.110. The number of carbonyl (C=O) groups excluding carboxylic acids is 2. The minimum Gasteiger partial charge on any atom is -0.426 e. The van der Waals surface area contributed by atoms with Gasteiger partial charge in [0.05, 0.1) is 11.4 Å². The number of nitrogens with zero attached hydrogens (tertiary/aromatic N) is 3. The van der Waals surface area contributed by atoms with Crippen LogP contribution in [0.3, 0.4) is 0 Å². The van der Waals surface area contributed by atoms with Gasteiger partial charge in [-0.1, -0.05) is 30.3 Å². The van der Waals surface area contributed by atoms with Gasteiger partial charge < -0.3 is 19.5 Å². The molecule has 1 N–H and O–H groups in total. The number of fused-ring (bicyclic) bond motifs is 4. The van der Waals surface area contributed by atoms with Crippen LogP contribution in [-0.4, -0.2) is 53.5 Å². The second-order valence-electron chi connectivity index (χ2n) is 10.7. The number of pyridine rings is 1. The van der Waals surface area contributed by atoms with Crippen molar-refractivity contribution in [1.82, 2.24) is 19.8 Å². The quantitative estimate of drug-likeness (QED) is 0.236. The molecular formula is C32H32N4O3. The van der Waals surface area contributed by atoms with Gasteiger partial charge in [-0.2, -0.15) is 0 Å². The highest BCUT2D eigenvalue weighted by Crippen LogP contribution is 2.48. The lowest BCUT2D eigenvalue weighted by atomic mass is 10.00. The zero-order chi connectivity index (χ0) is 27.3. The Labute approximate surface area is 227 Å². The molecule has 7 heteroatoms. The summed E-state index contributed by atoms with van der Waals surface area (Å²) in [5.74, 6) is 0.272. The Morgan fingerprint density at radius 1 is 1.03 bits per heavy atom. The number of aromatic nitrogens is 2. The van der Waals surface area contributed by atoms with Gasteiger partial charge in [0.1, 0.15) is 11.4 Å². The van der Waals surface area contributed by atoms with Gasteiger partial charge >= 0.3 is 5.97 Å². The molecule has 5 aromatic rings. The number of ether oxygens (including phenoxy) is 1. The van der Waals surface area contributed by atoms with Crippen molar-refractivity contribution in [3.63, 3.8) is 0 Å². The van der Waals surface area contributed by atoms with Crippen LogP contribution in [0.15, 0.2) is 66.9 Å². The molecule has 39 heavy (non-hydrogen) atoms. The SMILES string of the molecule is Cc1c2ccnc(C(=O)NCCN(C)C)c2cc2c3cc(OC(=O)[C@@H]4C[C@H]4c4ccccc4)ccc3n(C)c12. The molecule has 0 radical (unpaired) electrons. The third-order valence-electron chi connectivity index (χ3n) is 7.85. The summed E-state index contributed by atoms with van der Waals surface area (Å²) in [4.78, 5) is 32.5. The molecular weight excluding hydrogens is 488 g/mol. The van der Waals surface area contributed by atoms with Gasteiger partial charge in [-0.3, -0.25) is 14.6 Å². The van der Waals surface area contributed by atoms with E-state index in [0.717, 1.165) is 51.1 Å². The Kier molecular flexibility index (Phi) is 6.31. The summed E-state index contributed by atoms with van der Waals surface area (Å²) in [5, 5.41) is 6.76. The molecule has 7 nitrogen and oxygen atoms in total. The number of rotatable bonds is 7. The summed E-state index contributed by atoms with van der Waals surface area (Å²) < 4.78 is 8.03. The summed E-state index contributed by atoms with van der Waals surface area (Å²) in [6.45, 7) is 3.37. The molecule has 6 rings (SSSR count). The fourth-order valence-electron chi connectivity index (χ4n) is 5.71. The lowest BCUT2D eigenvalue weighted by Crippen LogP contribution is -2.31. The Morgan fingerprint density at radius 3 is 2.59 bits per heavy atom. The fraction of sp³-hybridized carbons (Fsp3) is 0.281. The monoisotopic (exact) mass is 520 g/mol. The maximum absolute atomic E-state index is 13.1. The van der Waals surface area contributed by atoms with Gasteiger partial charge in [-0.15, -0.1) is 0 Å². The van der Waals surface area contributed by atoms with Crippen molar-refractivity contribution in [1.29, 1.82) is 0 Å². The van der Waals surface area contributed by atoms with Crippen molar-refractivity contribution >= 4 is 44.5 Å². The average Bonchev–Trinajstić information content (AvgIpc) is 3.69. The number of benzene rings is 3. The van der Waals surface area contributed by atoms with Gasteiger partial charge in [0.2, 0.25) is 0 Å². The molecule has 0 bridgehead atoms. The van der Waals surface area contributed by atoms with E-state index < -0.39 is 0 Å². The number of amides is 1. The molecule has 1 aliphatic rings. The second-order valence-corrected chi connectivity index (χ2v) is 10.7. The number of carbonyl (C=O) groups is 2. The van der Waals surface area contributed by atoms with Crippen molar-refractivity contribution < 1.29 is 14.3 Å². The van der Waals surface area contributed by atoms with E-state index >= 15 is 0 Å². The Morgan fingerprint density at radius 2 is 1.82 bits per heavy atom. The van der Waals surface area contributed by atoms with Crippen LogP contribution in [0.1, 0.15) is 34.0 Å². The summed E-state index contributed by atoms with van der Waals surface area (Å²) >= 11 is 0. The van der Waals surface area contributed by atoms with Crippen molar-refractivity contribution in [3.05, 3.63) is 83.7 Å². The van der Waals surface area contributed by atoms with Gasteiger partial charge in [-0.25, -0.2) is 0 Å². The molecule has 1 amide bonds. The maximum atomic E-state index is 13.1. The highest BCUT2D eigenvalue weighted by Gasteiger charge is 2.45. The number of esters is 1. The molecule has 2 heterocycles. The van der Waals surface area contributed by atoms with E-state index in [-0.39, 0.29) is 23.7 Å². The van der Waals surface area contributed by atoms with Crippen molar-refractivity contribution in [2.45, 2.75) is 19.3 Å². The molecule has 3 aromatic carbocycles.